The van der Waals surface area contributed by atoms with Crippen molar-refractivity contribution in [2.45, 2.75) is 20.4 Å². The number of hydrogen-bond donors (Lipinski definition) is 1. The van der Waals surface area contributed by atoms with E-state index in [2.05, 4.69) is 49.1 Å². The summed E-state index contributed by atoms with van der Waals surface area (Å²) >= 11 is 0. The van der Waals surface area contributed by atoms with Crippen LogP contribution in [0.1, 0.15) is 18.1 Å². The molecule has 0 amide bonds. The van der Waals surface area contributed by atoms with E-state index < -0.39 is 0 Å². The van der Waals surface area contributed by atoms with Crippen LogP contribution in [-0.2, 0) is 6.54 Å². The van der Waals surface area contributed by atoms with E-state index in [1.54, 1.807) is 0 Å². The summed E-state index contributed by atoms with van der Waals surface area (Å²) in [6.45, 7) is 6.15. The van der Waals surface area contributed by atoms with Crippen LogP contribution in [0.3, 0.4) is 0 Å². The van der Waals surface area contributed by atoms with Gasteiger partial charge < -0.3 is 10.6 Å². The smallest absolute Gasteiger partial charge is 0.0602 e. The normalized spacial score (nSPS) is 10.3. The molecule has 0 saturated carbocycles. The number of para-hydroxylation sites is 2. The summed E-state index contributed by atoms with van der Waals surface area (Å²) in [5.74, 6) is 0. The number of benzene rings is 2. The second-order valence-corrected chi connectivity index (χ2v) is 4.50. The highest BCUT2D eigenvalue weighted by Gasteiger charge is 2.09. The van der Waals surface area contributed by atoms with Gasteiger partial charge in [-0.05, 0) is 37.1 Å². The fourth-order valence-corrected chi connectivity index (χ4v) is 2.14. The number of nitrogen functional groups attached to an aromatic ring is 1. The van der Waals surface area contributed by atoms with Crippen LogP contribution >= 0.6 is 0 Å². The molecule has 2 aromatic rings. The van der Waals surface area contributed by atoms with Gasteiger partial charge in [0, 0.05) is 13.1 Å². The highest BCUT2D eigenvalue weighted by atomic mass is 15.1. The monoisotopic (exact) mass is 240 g/mol. The van der Waals surface area contributed by atoms with Gasteiger partial charge in [-0.3, -0.25) is 0 Å². The van der Waals surface area contributed by atoms with Crippen molar-refractivity contribution in [2.75, 3.05) is 17.2 Å². The predicted octanol–water partition coefficient (Wildman–Crippen LogP) is 3.60. The molecule has 0 aliphatic carbocycles. The minimum atomic E-state index is 0.841. The van der Waals surface area contributed by atoms with Crippen molar-refractivity contribution in [3.63, 3.8) is 0 Å². The average Bonchev–Trinajstić information content (AvgIpc) is 2.39. The van der Waals surface area contributed by atoms with Gasteiger partial charge in [0.2, 0.25) is 0 Å². The molecule has 0 unspecified atom stereocenters. The molecule has 0 aliphatic heterocycles. The molecule has 2 aromatic carbocycles. The van der Waals surface area contributed by atoms with Gasteiger partial charge in [-0.15, -0.1) is 0 Å². The van der Waals surface area contributed by atoms with E-state index in [9.17, 15) is 0 Å². The van der Waals surface area contributed by atoms with E-state index in [0.717, 1.165) is 24.5 Å². The molecule has 2 rings (SSSR count). The molecule has 0 heterocycles. The first-order valence-corrected chi connectivity index (χ1v) is 6.36. The average molecular weight is 240 g/mol. The quantitative estimate of drug-likeness (QED) is 0.827. The van der Waals surface area contributed by atoms with Gasteiger partial charge in [0.25, 0.3) is 0 Å². The van der Waals surface area contributed by atoms with E-state index in [0.29, 0.717) is 0 Å². The third kappa shape index (κ3) is 2.65. The SMILES string of the molecule is CCN(Cc1ccccc1C)c1ccccc1N. The molecule has 2 N–H and O–H groups in total. The summed E-state index contributed by atoms with van der Waals surface area (Å²) in [5.41, 5.74) is 10.7. The van der Waals surface area contributed by atoms with E-state index >= 15 is 0 Å². The molecule has 94 valence electrons. The third-order valence-electron chi connectivity index (χ3n) is 3.28. The van der Waals surface area contributed by atoms with Crippen molar-refractivity contribution in [3.8, 4) is 0 Å². The highest BCUT2D eigenvalue weighted by Crippen LogP contribution is 2.24. The van der Waals surface area contributed by atoms with Crippen molar-refractivity contribution in [1.82, 2.24) is 0 Å². The van der Waals surface area contributed by atoms with Crippen molar-refractivity contribution >= 4 is 11.4 Å². The molecule has 0 atom stereocenters. The topological polar surface area (TPSA) is 29.3 Å². The summed E-state index contributed by atoms with van der Waals surface area (Å²) in [7, 11) is 0. The van der Waals surface area contributed by atoms with Crippen LogP contribution in [0.25, 0.3) is 0 Å². The zero-order valence-electron chi connectivity index (χ0n) is 11.1. The molecule has 0 radical (unpaired) electrons. The molecule has 0 saturated heterocycles. The van der Waals surface area contributed by atoms with Crippen molar-refractivity contribution in [1.29, 1.82) is 0 Å². The van der Waals surface area contributed by atoms with Crippen molar-refractivity contribution < 1.29 is 0 Å². The van der Waals surface area contributed by atoms with Crippen LogP contribution in [0.5, 0.6) is 0 Å². The van der Waals surface area contributed by atoms with Crippen LogP contribution in [0.15, 0.2) is 48.5 Å². The maximum absolute atomic E-state index is 6.05. The summed E-state index contributed by atoms with van der Waals surface area (Å²) in [6, 6.07) is 16.5. The van der Waals surface area contributed by atoms with Gasteiger partial charge in [0.05, 0.1) is 11.4 Å². The van der Waals surface area contributed by atoms with Crippen LogP contribution in [0.4, 0.5) is 11.4 Å². The summed E-state index contributed by atoms with van der Waals surface area (Å²) in [5, 5.41) is 0. The van der Waals surface area contributed by atoms with Gasteiger partial charge in [0.1, 0.15) is 0 Å². The van der Waals surface area contributed by atoms with Crippen LogP contribution in [-0.4, -0.2) is 6.54 Å². The lowest BCUT2D eigenvalue weighted by molar-refractivity contribution is 0.828. The van der Waals surface area contributed by atoms with Gasteiger partial charge >= 0.3 is 0 Å². The summed E-state index contributed by atoms with van der Waals surface area (Å²) in [4.78, 5) is 2.30. The Hall–Kier alpha value is -1.96. The minimum absolute atomic E-state index is 0.841. The lowest BCUT2D eigenvalue weighted by Crippen LogP contribution is -2.23. The highest BCUT2D eigenvalue weighted by molar-refractivity contribution is 5.67. The Balaban J connectivity index is 2.26. The van der Waals surface area contributed by atoms with E-state index in [1.165, 1.54) is 11.1 Å². The van der Waals surface area contributed by atoms with Crippen molar-refractivity contribution in [3.05, 3.63) is 59.7 Å². The largest absolute Gasteiger partial charge is 0.397 e. The Morgan fingerprint density at radius 3 is 2.33 bits per heavy atom. The van der Waals surface area contributed by atoms with Gasteiger partial charge in [-0.1, -0.05) is 36.4 Å². The summed E-state index contributed by atoms with van der Waals surface area (Å²) in [6.07, 6.45) is 0. The number of aryl methyl sites for hydroxylation is 1. The fourth-order valence-electron chi connectivity index (χ4n) is 2.14. The van der Waals surface area contributed by atoms with Crippen LogP contribution in [0, 0.1) is 6.92 Å². The molecule has 0 aliphatic rings. The molecule has 2 nitrogen and oxygen atoms in total. The van der Waals surface area contributed by atoms with Gasteiger partial charge in [-0.2, -0.15) is 0 Å². The number of anilines is 2. The molecular formula is C16H20N2. The Kier molecular flexibility index (Phi) is 3.88. The van der Waals surface area contributed by atoms with Crippen LogP contribution in [0.2, 0.25) is 0 Å². The van der Waals surface area contributed by atoms with E-state index in [4.69, 9.17) is 5.73 Å². The van der Waals surface area contributed by atoms with Gasteiger partial charge in [0.15, 0.2) is 0 Å². The predicted molar refractivity (Wildman–Crippen MR) is 78.8 cm³/mol. The fraction of sp³-hybridized carbons (Fsp3) is 0.250. The van der Waals surface area contributed by atoms with Crippen LogP contribution < -0.4 is 10.6 Å². The molecule has 0 fully saturated rings. The first-order valence-electron chi connectivity index (χ1n) is 6.36. The Bertz CT molecular complexity index is 520. The van der Waals surface area contributed by atoms with E-state index in [-0.39, 0.29) is 0 Å². The Morgan fingerprint density at radius 1 is 1.00 bits per heavy atom. The number of nitrogens with two attached hydrogens (primary N) is 1. The summed E-state index contributed by atoms with van der Waals surface area (Å²) < 4.78 is 0. The molecule has 0 aromatic heterocycles. The first-order chi connectivity index (χ1) is 8.72. The molecule has 2 heteroatoms. The van der Waals surface area contributed by atoms with Crippen molar-refractivity contribution in [2.24, 2.45) is 0 Å². The molecule has 18 heavy (non-hydrogen) atoms. The molecular weight excluding hydrogens is 220 g/mol. The second-order valence-electron chi connectivity index (χ2n) is 4.50. The first kappa shape index (κ1) is 12.5. The number of hydrogen-bond acceptors (Lipinski definition) is 2. The maximum Gasteiger partial charge on any atom is 0.0602 e. The lowest BCUT2D eigenvalue weighted by atomic mass is 10.1. The minimum Gasteiger partial charge on any atom is -0.397 e. The zero-order chi connectivity index (χ0) is 13.0. The zero-order valence-corrected chi connectivity index (χ0v) is 11.1. The van der Waals surface area contributed by atoms with E-state index in [1.807, 2.05) is 18.2 Å². The standard InChI is InChI=1S/C16H20N2/c1-3-18(16-11-7-6-10-15(16)17)12-14-9-5-4-8-13(14)2/h4-11H,3,12,17H2,1-2H3. The lowest BCUT2D eigenvalue weighted by Gasteiger charge is -2.25. The number of rotatable bonds is 4. The maximum atomic E-state index is 6.05. The Morgan fingerprint density at radius 2 is 1.67 bits per heavy atom. The van der Waals surface area contributed by atoms with Gasteiger partial charge in [-0.25, -0.2) is 0 Å². The Labute approximate surface area is 109 Å². The third-order valence-corrected chi connectivity index (χ3v) is 3.28. The molecule has 0 bridgehead atoms. The number of nitrogens with zero attached hydrogens (tertiary/aromatic N) is 1. The molecule has 0 spiro atoms. The second kappa shape index (κ2) is 5.58.